The fourth-order valence-corrected chi connectivity index (χ4v) is 2.97. The van der Waals surface area contributed by atoms with Crippen molar-refractivity contribution in [2.45, 2.75) is 37.6 Å². The summed E-state index contributed by atoms with van der Waals surface area (Å²) in [5.74, 6) is -3.78. The first-order valence-electron chi connectivity index (χ1n) is 9.83. The van der Waals surface area contributed by atoms with Gasteiger partial charge in [0.25, 0.3) is 0 Å². The summed E-state index contributed by atoms with van der Waals surface area (Å²) in [7, 11) is 0. The van der Waals surface area contributed by atoms with Crippen molar-refractivity contribution in [1.29, 1.82) is 0 Å². The van der Waals surface area contributed by atoms with Gasteiger partial charge in [-0.25, -0.2) is 0 Å². The SMILES string of the molecule is CC(O)C(N)C(=O)NC(Cc1c[nH]c2ccccc12)C(=O)NC(CO)C(=O)NCC(=O)O. The van der Waals surface area contributed by atoms with Crippen LogP contribution in [0.1, 0.15) is 12.5 Å². The van der Waals surface area contributed by atoms with Gasteiger partial charge in [0.2, 0.25) is 17.7 Å². The van der Waals surface area contributed by atoms with Crippen LogP contribution < -0.4 is 21.7 Å². The lowest BCUT2D eigenvalue weighted by atomic mass is 10.0. The molecule has 3 amide bonds. The summed E-state index contributed by atoms with van der Waals surface area (Å²) in [6, 6.07) is 3.38. The van der Waals surface area contributed by atoms with Gasteiger partial charge in [-0.1, -0.05) is 18.2 Å². The van der Waals surface area contributed by atoms with Crippen molar-refractivity contribution >= 4 is 34.6 Å². The Morgan fingerprint density at radius 2 is 1.72 bits per heavy atom. The molecule has 9 N–H and O–H groups in total. The number of amides is 3. The summed E-state index contributed by atoms with van der Waals surface area (Å²) < 4.78 is 0. The highest BCUT2D eigenvalue weighted by Gasteiger charge is 2.29. The Labute approximate surface area is 183 Å². The molecule has 0 radical (unpaired) electrons. The van der Waals surface area contributed by atoms with Gasteiger partial charge in [0.15, 0.2) is 0 Å². The minimum absolute atomic E-state index is 0.0169. The van der Waals surface area contributed by atoms with Crippen LogP contribution in [0.15, 0.2) is 30.5 Å². The number of aliphatic hydroxyl groups excluding tert-OH is 2. The number of rotatable bonds is 11. The maximum absolute atomic E-state index is 12.9. The number of hydrogen-bond donors (Lipinski definition) is 8. The summed E-state index contributed by atoms with van der Waals surface area (Å²) in [6.07, 6.45) is 0.524. The first-order valence-corrected chi connectivity index (χ1v) is 9.83. The number of nitrogens with two attached hydrogens (primary N) is 1. The zero-order valence-corrected chi connectivity index (χ0v) is 17.4. The molecule has 2 rings (SSSR count). The molecule has 0 aliphatic rings. The van der Waals surface area contributed by atoms with Gasteiger partial charge in [0, 0.05) is 23.5 Å². The minimum Gasteiger partial charge on any atom is -0.480 e. The lowest BCUT2D eigenvalue weighted by molar-refractivity contribution is -0.139. The summed E-state index contributed by atoms with van der Waals surface area (Å²) in [5, 5.41) is 35.4. The van der Waals surface area contributed by atoms with E-state index < -0.39 is 61.1 Å². The van der Waals surface area contributed by atoms with Gasteiger partial charge in [0.1, 0.15) is 24.7 Å². The van der Waals surface area contributed by atoms with E-state index in [0.717, 1.165) is 10.9 Å². The zero-order chi connectivity index (χ0) is 23.8. The van der Waals surface area contributed by atoms with Gasteiger partial charge in [-0.3, -0.25) is 19.2 Å². The van der Waals surface area contributed by atoms with Gasteiger partial charge in [-0.15, -0.1) is 0 Å². The number of para-hydroxylation sites is 1. The van der Waals surface area contributed by atoms with Crippen LogP contribution in [0.5, 0.6) is 0 Å². The van der Waals surface area contributed by atoms with Crippen LogP contribution in [-0.2, 0) is 25.6 Å². The minimum atomic E-state index is -1.44. The predicted molar refractivity (Wildman–Crippen MR) is 113 cm³/mol. The molecule has 0 aliphatic carbocycles. The molecule has 4 unspecified atom stereocenters. The lowest BCUT2D eigenvalue weighted by Gasteiger charge is -2.24. The second-order valence-corrected chi connectivity index (χ2v) is 7.25. The molecular formula is C20H27N5O7. The number of carbonyl (C=O) groups is 4. The maximum Gasteiger partial charge on any atom is 0.322 e. The second-order valence-electron chi connectivity index (χ2n) is 7.25. The molecule has 1 aromatic heterocycles. The van der Waals surface area contributed by atoms with Crippen LogP contribution >= 0.6 is 0 Å². The highest BCUT2D eigenvalue weighted by atomic mass is 16.4. The largest absolute Gasteiger partial charge is 0.480 e. The van der Waals surface area contributed by atoms with Crippen molar-refractivity contribution in [2.24, 2.45) is 5.73 Å². The second kappa shape index (κ2) is 11.2. The molecule has 4 atom stereocenters. The van der Waals surface area contributed by atoms with E-state index in [2.05, 4.69) is 20.9 Å². The highest BCUT2D eigenvalue weighted by Crippen LogP contribution is 2.19. The van der Waals surface area contributed by atoms with Crippen LogP contribution in [0, 0.1) is 0 Å². The number of H-pyrrole nitrogens is 1. The Hall–Kier alpha value is -3.48. The Morgan fingerprint density at radius 1 is 1.06 bits per heavy atom. The topological polar surface area (TPSA) is 207 Å². The summed E-state index contributed by atoms with van der Waals surface area (Å²) in [6.45, 7) is -0.157. The van der Waals surface area contributed by atoms with E-state index in [4.69, 9.17) is 10.8 Å². The number of aliphatic carboxylic acids is 1. The molecule has 1 aromatic carbocycles. The third-order valence-corrected chi connectivity index (χ3v) is 4.78. The molecule has 0 fully saturated rings. The quantitative estimate of drug-likeness (QED) is 0.185. The van der Waals surface area contributed by atoms with Gasteiger partial charge < -0.3 is 42.0 Å². The van der Waals surface area contributed by atoms with Crippen LogP contribution in [0.3, 0.4) is 0 Å². The summed E-state index contributed by atoms with van der Waals surface area (Å²) >= 11 is 0. The molecule has 12 heteroatoms. The monoisotopic (exact) mass is 449 g/mol. The number of hydrogen-bond acceptors (Lipinski definition) is 7. The number of carbonyl (C=O) groups excluding carboxylic acids is 3. The number of aromatic nitrogens is 1. The highest BCUT2D eigenvalue weighted by molar-refractivity contribution is 5.94. The summed E-state index contributed by atoms with van der Waals surface area (Å²) in [5.41, 5.74) is 7.17. The van der Waals surface area contributed by atoms with Crippen LogP contribution in [0.4, 0.5) is 0 Å². The van der Waals surface area contributed by atoms with Crippen molar-refractivity contribution in [1.82, 2.24) is 20.9 Å². The maximum atomic E-state index is 12.9. The van der Waals surface area contributed by atoms with Gasteiger partial charge in [-0.2, -0.15) is 0 Å². The first kappa shape index (κ1) is 24.8. The number of nitrogens with one attached hydrogen (secondary N) is 4. The smallest absolute Gasteiger partial charge is 0.322 e. The molecule has 174 valence electrons. The van der Waals surface area contributed by atoms with E-state index in [1.165, 1.54) is 6.92 Å². The van der Waals surface area contributed by atoms with E-state index in [0.29, 0.717) is 5.56 Å². The van der Waals surface area contributed by atoms with E-state index in [1.54, 1.807) is 6.20 Å². The van der Waals surface area contributed by atoms with Gasteiger partial charge >= 0.3 is 5.97 Å². The number of benzene rings is 1. The van der Waals surface area contributed by atoms with Crippen molar-refractivity contribution in [3.05, 3.63) is 36.0 Å². The molecule has 1 heterocycles. The number of fused-ring (bicyclic) bond motifs is 1. The molecule has 0 saturated carbocycles. The third kappa shape index (κ3) is 6.51. The third-order valence-electron chi connectivity index (χ3n) is 4.78. The molecule has 2 aromatic rings. The Kier molecular flexibility index (Phi) is 8.70. The van der Waals surface area contributed by atoms with Crippen molar-refractivity contribution < 1.29 is 34.5 Å². The van der Waals surface area contributed by atoms with E-state index in [1.807, 2.05) is 24.3 Å². The standard InChI is InChI=1S/C20H27N5O7/c1-10(27)17(21)20(32)24-14(6-11-7-22-13-5-3-2-4-12(11)13)19(31)25-15(9-26)18(30)23-8-16(28)29/h2-5,7,10,14-15,17,22,26-27H,6,8-9,21H2,1H3,(H,23,30)(H,24,32)(H,25,31)(H,28,29). The molecule has 0 bridgehead atoms. The Balaban J connectivity index is 2.22. The lowest BCUT2D eigenvalue weighted by Crippen LogP contribution is -2.58. The first-order chi connectivity index (χ1) is 15.1. The molecule has 0 aliphatic heterocycles. The molecule has 0 saturated heterocycles. The Morgan fingerprint density at radius 3 is 2.34 bits per heavy atom. The van der Waals surface area contributed by atoms with Crippen LogP contribution in [-0.4, -0.2) is 81.4 Å². The van der Waals surface area contributed by atoms with E-state index in [9.17, 15) is 29.4 Å². The number of carboxylic acid groups (broad SMARTS) is 1. The Bertz CT molecular complexity index is 974. The average Bonchev–Trinajstić information content (AvgIpc) is 3.17. The van der Waals surface area contributed by atoms with Crippen molar-refractivity contribution in [2.75, 3.05) is 13.2 Å². The zero-order valence-electron chi connectivity index (χ0n) is 17.4. The van der Waals surface area contributed by atoms with Crippen molar-refractivity contribution in [3.8, 4) is 0 Å². The fourth-order valence-electron chi connectivity index (χ4n) is 2.97. The van der Waals surface area contributed by atoms with Crippen LogP contribution in [0.25, 0.3) is 10.9 Å². The molecule has 12 nitrogen and oxygen atoms in total. The fraction of sp³-hybridized carbons (Fsp3) is 0.400. The van der Waals surface area contributed by atoms with E-state index in [-0.39, 0.29) is 6.42 Å². The summed E-state index contributed by atoms with van der Waals surface area (Å²) in [4.78, 5) is 51.0. The number of carboxylic acids is 1. The van der Waals surface area contributed by atoms with Crippen LogP contribution in [0.2, 0.25) is 0 Å². The normalized spacial score (nSPS) is 14.8. The predicted octanol–water partition coefficient (Wildman–Crippen LogP) is -2.42. The molecular weight excluding hydrogens is 422 g/mol. The molecule has 32 heavy (non-hydrogen) atoms. The van der Waals surface area contributed by atoms with E-state index >= 15 is 0 Å². The number of aliphatic hydroxyl groups is 2. The average molecular weight is 449 g/mol. The van der Waals surface area contributed by atoms with Gasteiger partial charge in [0.05, 0.1) is 12.7 Å². The van der Waals surface area contributed by atoms with Gasteiger partial charge in [-0.05, 0) is 18.6 Å². The molecule has 0 spiro atoms. The number of aromatic amines is 1. The van der Waals surface area contributed by atoms with Crippen molar-refractivity contribution in [3.63, 3.8) is 0 Å².